The van der Waals surface area contributed by atoms with E-state index in [0.717, 1.165) is 18.5 Å². The Morgan fingerprint density at radius 2 is 2.21 bits per heavy atom. The Morgan fingerprint density at radius 3 is 2.79 bits per heavy atom. The summed E-state index contributed by atoms with van der Waals surface area (Å²) in [6.45, 7) is 6.27. The van der Waals surface area contributed by atoms with Gasteiger partial charge in [0.05, 0.1) is 11.5 Å². The Kier molecular flexibility index (Phi) is 6.97. The van der Waals surface area contributed by atoms with Crippen molar-refractivity contribution in [2.75, 3.05) is 13.2 Å². The molecule has 19 heavy (non-hydrogen) atoms. The van der Waals surface area contributed by atoms with Crippen LogP contribution in [0.15, 0.2) is 22.7 Å². The van der Waals surface area contributed by atoms with Gasteiger partial charge in [-0.1, -0.05) is 29.8 Å². The molecule has 1 aromatic carbocycles. The fourth-order valence-electron chi connectivity index (χ4n) is 1.51. The van der Waals surface area contributed by atoms with Crippen molar-refractivity contribution >= 4 is 21.6 Å². The molecule has 0 bridgehead atoms. The van der Waals surface area contributed by atoms with Crippen LogP contribution in [0.1, 0.15) is 25.8 Å². The van der Waals surface area contributed by atoms with Gasteiger partial charge in [0.2, 0.25) is 0 Å². The van der Waals surface area contributed by atoms with E-state index in [4.69, 9.17) is 4.74 Å². The molecule has 0 spiro atoms. The van der Waals surface area contributed by atoms with Crippen molar-refractivity contribution in [3.8, 4) is 0 Å². The summed E-state index contributed by atoms with van der Waals surface area (Å²) < 4.78 is 6.25. The van der Waals surface area contributed by atoms with Crippen LogP contribution in [0, 0.1) is 10.1 Å². The summed E-state index contributed by atoms with van der Waals surface area (Å²) in [5.74, 6) is 0. The van der Waals surface area contributed by atoms with Crippen molar-refractivity contribution in [2.45, 2.75) is 32.9 Å². The summed E-state index contributed by atoms with van der Waals surface area (Å²) in [6.07, 6.45) is 0.947. The number of nitrogens with zero attached hydrogens (tertiary/aromatic N) is 1. The first-order valence-electron chi connectivity index (χ1n) is 6.24. The zero-order chi connectivity index (χ0) is 14.3. The van der Waals surface area contributed by atoms with Crippen molar-refractivity contribution in [1.82, 2.24) is 5.32 Å². The molecule has 0 amide bonds. The van der Waals surface area contributed by atoms with E-state index < -0.39 is 4.92 Å². The zero-order valence-corrected chi connectivity index (χ0v) is 12.8. The number of ether oxygens (including phenoxy) is 1. The van der Waals surface area contributed by atoms with Crippen LogP contribution in [0.4, 0.5) is 5.69 Å². The zero-order valence-electron chi connectivity index (χ0n) is 11.2. The van der Waals surface area contributed by atoms with Crippen molar-refractivity contribution in [3.63, 3.8) is 0 Å². The number of rotatable bonds is 8. The lowest BCUT2D eigenvalue weighted by atomic mass is 10.2. The summed E-state index contributed by atoms with van der Waals surface area (Å²) >= 11 is 3.32. The third kappa shape index (κ3) is 6.13. The largest absolute Gasteiger partial charge is 0.377 e. The van der Waals surface area contributed by atoms with Gasteiger partial charge in [-0.3, -0.25) is 10.1 Å². The molecule has 0 atom stereocenters. The molecule has 5 nitrogen and oxygen atoms in total. The van der Waals surface area contributed by atoms with Crippen LogP contribution in [-0.2, 0) is 11.3 Å². The Labute approximate surface area is 121 Å². The van der Waals surface area contributed by atoms with E-state index in [1.54, 1.807) is 6.07 Å². The standard InChI is InChI=1S/C13H19BrN2O3/c1-10(2)15-6-3-7-19-9-11-4-5-12(16(17)18)8-13(11)14/h4-5,8,10,15H,3,6-7,9H2,1-2H3. The minimum absolute atomic E-state index is 0.0803. The van der Waals surface area contributed by atoms with Gasteiger partial charge in [0, 0.05) is 29.3 Å². The van der Waals surface area contributed by atoms with Crippen LogP contribution in [0.25, 0.3) is 0 Å². The van der Waals surface area contributed by atoms with Crippen LogP contribution < -0.4 is 5.32 Å². The van der Waals surface area contributed by atoms with Gasteiger partial charge < -0.3 is 10.1 Å². The second-order valence-corrected chi connectivity index (χ2v) is 5.40. The number of nitro benzene ring substituents is 1. The maximum Gasteiger partial charge on any atom is 0.270 e. The van der Waals surface area contributed by atoms with Gasteiger partial charge in [-0.15, -0.1) is 0 Å². The average Bonchev–Trinajstić information content (AvgIpc) is 2.34. The Morgan fingerprint density at radius 1 is 1.47 bits per heavy atom. The number of nitro groups is 1. The molecule has 106 valence electrons. The predicted octanol–water partition coefficient (Wildman–Crippen LogP) is 3.26. The second-order valence-electron chi connectivity index (χ2n) is 4.55. The molecule has 0 aliphatic carbocycles. The normalized spacial score (nSPS) is 10.9. The Balaban J connectivity index is 2.32. The number of benzene rings is 1. The summed E-state index contributed by atoms with van der Waals surface area (Å²) in [5, 5.41) is 13.9. The Hall–Kier alpha value is -0.980. The third-order valence-corrected chi connectivity index (χ3v) is 3.26. The molecular formula is C13H19BrN2O3. The first-order valence-corrected chi connectivity index (χ1v) is 7.04. The van der Waals surface area contributed by atoms with E-state index in [0.29, 0.717) is 23.7 Å². The number of non-ortho nitro benzene ring substituents is 1. The van der Waals surface area contributed by atoms with Crippen LogP contribution in [-0.4, -0.2) is 24.1 Å². The average molecular weight is 331 g/mol. The molecule has 0 saturated heterocycles. The van der Waals surface area contributed by atoms with Crippen LogP contribution >= 0.6 is 15.9 Å². The summed E-state index contributed by atoms with van der Waals surface area (Å²) in [6, 6.07) is 5.20. The van der Waals surface area contributed by atoms with Gasteiger partial charge in [-0.25, -0.2) is 0 Å². The lowest BCUT2D eigenvalue weighted by Crippen LogP contribution is -2.24. The van der Waals surface area contributed by atoms with E-state index in [-0.39, 0.29) is 5.69 Å². The van der Waals surface area contributed by atoms with Crippen LogP contribution in [0.3, 0.4) is 0 Å². The molecule has 0 unspecified atom stereocenters. The number of halogens is 1. The highest BCUT2D eigenvalue weighted by molar-refractivity contribution is 9.10. The molecule has 0 aromatic heterocycles. The van der Waals surface area contributed by atoms with Gasteiger partial charge in [0.15, 0.2) is 0 Å². The maximum atomic E-state index is 10.6. The molecular weight excluding hydrogens is 312 g/mol. The smallest absolute Gasteiger partial charge is 0.270 e. The van der Waals surface area contributed by atoms with E-state index in [1.165, 1.54) is 12.1 Å². The van der Waals surface area contributed by atoms with E-state index in [9.17, 15) is 10.1 Å². The van der Waals surface area contributed by atoms with Gasteiger partial charge in [0.1, 0.15) is 0 Å². The number of nitrogens with one attached hydrogen (secondary N) is 1. The lowest BCUT2D eigenvalue weighted by molar-refractivity contribution is -0.384. The molecule has 1 rings (SSSR count). The highest BCUT2D eigenvalue weighted by atomic mass is 79.9. The molecule has 6 heteroatoms. The quantitative estimate of drug-likeness (QED) is 0.451. The molecule has 0 heterocycles. The van der Waals surface area contributed by atoms with Crippen molar-refractivity contribution in [2.24, 2.45) is 0 Å². The molecule has 1 aromatic rings. The van der Waals surface area contributed by atoms with E-state index in [2.05, 4.69) is 35.1 Å². The minimum atomic E-state index is -0.410. The lowest BCUT2D eigenvalue weighted by Gasteiger charge is -2.09. The molecule has 0 aliphatic heterocycles. The second kappa shape index (κ2) is 8.24. The molecule has 0 fully saturated rings. The first-order chi connectivity index (χ1) is 9.00. The monoisotopic (exact) mass is 330 g/mol. The fourth-order valence-corrected chi connectivity index (χ4v) is 2.00. The van der Waals surface area contributed by atoms with Gasteiger partial charge >= 0.3 is 0 Å². The van der Waals surface area contributed by atoms with Gasteiger partial charge in [0.25, 0.3) is 5.69 Å². The predicted molar refractivity (Wildman–Crippen MR) is 78.2 cm³/mol. The molecule has 1 N–H and O–H groups in total. The summed E-state index contributed by atoms with van der Waals surface area (Å²) in [7, 11) is 0. The van der Waals surface area contributed by atoms with Gasteiger partial charge in [-0.05, 0) is 24.6 Å². The fraction of sp³-hybridized carbons (Fsp3) is 0.538. The van der Waals surface area contributed by atoms with Crippen molar-refractivity contribution in [1.29, 1.82) is 0 Å². The first kappa shape index (κ1) is 16.1. The van der Waals surface area contributed by atoms with Crippen molar-refractivity contribution in [3.05, 3.63) is 38.3 Å². The van der Waals surface area contributed by atoms with Crippen LogP contribution in [0.5, 0.6) is 0 Å². The topological polar surface area (TPSA) is 64.4 Å². The van der Waals surface area contributed by atoms with Gasteiger partial charge in [-0.2, -0.15) is 0 Å². The van der Waals surface area contributed by atoms with Crippen LogP contribution in [0.2, 0.25) is 0 Å². The third-order valence-electron chi connectivity index (χ3n) is 2.52. The number of hydrogen-bond acceptors (Lipinski definition) is 4. The number of hydrogen-bond donors (Lipinski definition) is 1. The SMILES string of the molecule is CC(C)NCCCOCc1ccc([N+](=O)[O-])cc1Br. The molecule has 0 saturated carbocycles. The Bertz CT molecular complexity index is 424. The van der Waals surface area contributed by atoms with E-state index >= 15 is 0 Å². The molecule has 0 radical (unpaired) electrons. The maximum absolute atomic E-state index is 10.6. The van der Waals surface area contributed by atoms with Crippen molar-refractivity contribution < 1.29 is 9.66 Å². The van der Waals surface area contributed by atoms with E-state index in [1.807, 2.05) is 0 Å². The minimum Gasteiger partial charge on any atom is -0.377 e. The highest BCUT2D eigenvalue weighted by Gasteiger charge is 2.08. The highest BCUT2D eigenvalue weighted by Crippen LogP contribution is 2.23. The summed E-state index contributed by atoms with van der Waals surface area (Å²) in [5.41, 5.74) is 0.999. The molecule has 0 aliphatic rings. The summed E-state index contributed by atoms with van der Waals surface area (Å²) in [4.78, 5) is 10.2.